The zero-order chi connectivity index (χ0) is 13.6. The number of aliphatic hydroxyl groups is 2. The molecule has 1 aromatic carbocycles. The molecule has 0 fully saturated rings. The Hall–Kier alpha value is -2.49. The molecule has 0 saturated heterocycles. The third kappa shape index (κ3) is 8.79. The topological polar surface area (TPSA) is 66.8 Å². The molecule has 1 rings (SSSR count). The third-order valence-corrected chi connectivity index (χ3v) is 1.66. The van der Waals surface area contributed by atoms with Gasteiger partial charge in [0.25, 0.3) is 0 Å². The number of carbonyl (C=O) groups is 1. The molecule has 18 heavy (non-hydrogen) atoms. The molecular weight excluding hydrogens is 232 g/mol. The highest BCUT2D eigenvalue weighted by Gasteiger charge is 1.88. The van der Waals surface area contributed by atoms with Crippen LogP contribution in [0.25, 0.3) is 6.08 Å². The van der Waals surface area contributed by atoms with Crippen molar-refractivity contribution in [3.63, 3.8) is 0 Å². The molecule has 0 aliphatic carbocycles. The standard InChI is InChI=1S/C8H8O.C6H8O3/c9-7-6-8-4-2-1-3-5-8;1-2-6(8)9-5-3-4-7/h1-7,9H;2-4,7H,1,5H2. The predicted molar refractivity (Wildman–Crippen MR) is 71.0 cm³/mol. The van der Waals surface area contributed by atoms with Gasteiger partial charge in [0.1, 0.15) is 6.61 Å². The highest BCUT2D eigenvalue weighted by atomic mass is 16.5. The molecule has 4 nitrogen and oxygen atoms in total. The number of ether oxygens (including phenoxy) is 1. The number of aliphatic hydroxyl groups excluding tert-OH is 2. The summed E-state index contributed by atoms with van der Waals surface area (Å²) in [7, 11) is 0. The summed E-state index contributed by atoms with van der Waals surface area (Å²) in [5, 5.41) is 16.4. The van der Waals surface area contributed by atoms with Crippen LogP contribution in [0.3, 0.4) is 0 Å². The van der Waals surface area contributed by atoms with Crippen molar-refractivity contribution in [3.8, 4) is 0 Å². The van der Waals surface area contributed by atoms with Gasteiger partial charge in [-0.3, -0.25) is 0 Å². The van der Waals surface area contributed by atoms with Gasteiger partial charge in [0, 0.05) is 6.08 Å². The van der Waals surface area contributed by atoms with Gasteiger partial charge >= 0.3 is 5.97 Å². The van der Waals surface area contributed by atoms with Crippen LogP contribution in [0.15, 0.2) is 61.6 Å². The summed E-state index contributed by atoms with van der Waals surface area (Å²) in [5.41, 5.74) is 1.01. The first-order chi connectivity index (χ1) is 8.74. The lowest BCUT2D eigenvalue weighted by atomic mass is 10.2. The summed E-state index contributed by atoms with van der Waals surface area (Å²) in [6.07, 6.45) is 5.86. The van der Waals surface area contributed by atoms with Gasteiger partial charge in [-0.25, -0.2) is 4.79 Å². The summed E-state index contributed by atoms with van der Waals surface area (Å²) >= 11 is 0. The van der Waals surface area contributed by atoms with Crippen LogP contribution in [-0.4, -0.2) is 22.8 Å². The Morgan fingerprint density at radius 3 is 2.39 bits per heavy atom. The van der Waals surface area contributed by atoms with Crippen LogP contribution >= 0.6 is 0 Å². The highest BCUT2D eigenvalue weighted by Crippen LogP contribution is 1.98. The van der Waals surface area contributed by atoms with E-state index >= 15 is 0 Å². The fourth-order valence-electron chi connectivity index (χ4n) is 0.882. The first kappa shape index (κ1) is 15.5. The minimum Gasteiger partial charge on any atom is -0.516 e. The van der Waals surface area contributed by atoms with E-state index in [9.17, 15) is 4.79 Å². The molecule has 0 atom stereocenters. The van der Waals surface area contributed by atoms with Crippen LogP contribution in [0.1, 0.15) is 5.56 Å². The summed E-state index contributed by atoms with van der Waals surface area (Å²) in [4.78, 5) is 10.2. The van der Waals surface area contributed by atoms with Crippen molar-refractivity contribution in [1.82, 2.24) is 0 Å². The van der Waals surface area contributed by atoms with Gasteiger partial charge in [0.15, 0.2) is 0 Å². The molecule has 0 unspecified atom stereocenters. The van der Waals surface area contributed by atoms with E-state index in [0.717, 1.165) is 24.2 Å². The second-order valence-electron chi connectivity index (χ2n) is 2.95. The Bertz CT molecular complexity index is 394. The lowest BCUT2D eigenvalue weighted by molar-refractivity contribution is -0.136. The average molecular weight is 248 g/mol. The second-order valence-corrected chi connectivity index (χ2v) is 2.95. The summed E-state index contributed by atoms with van der Waals surface area (Å²) in [6.45, 7) is 3.26. The first-order valence-corrected chi connectivity index (χ1v) is 5.18. The van der Waals surface area contributed by atoms with Crippen molar-refractivity contribution in [2.24, 2.45) is 0 Å². The van der Waals surface area contributed by atoms with Crippen molar-refractivity contribution in [1.29, 1.82) is 0 Å². The summed E-state index contributed by atoms with van der Waals surface area (Å²) in [5.74, 6) is -0.492. The second kappa shape index (κ2) is 11.0. The van der Waals surface area contributed by atoms with Crippen LogP contribution in [-0.2, 0) is 9.53 Å². The highest BCUT2D eigenvalue weighted by molar-refractivity contribution is 5.81. The maximum Gasteiger partial charge on any atom is 0.330 e. The summed E-state index contributed by atoms with van der Waals surface area (Å²) < 4.78 is 4.43. The van der Waals surface area contributed by atoms with Gasteiger partial charge in [0.2, 0.25) is 0 Å². The number of hydrogen-bond donors (Lipinski definition) is 2. The molecule has 0 bridgehead atoms. The smallest absolute Gasteiger partial charge is 0.330 e. The predicted octanol–water partition coefficient (Wildman–Crippen LogP) is 3.00. The molecule has 0 aromatic heterocycles. The molecule has 2 N–H and O–H groups in total. The maximum atomic E-state index is 10.2. The monoisotopic (exact) mass is 248 g/mol. The number of hydrogen-bond acceptors (Lipinski definition) is 4. The Morgan fingerprint density at radius 2 is 1.89 bits per heavy atom. The quantitative estimate of drug-likeness (QED) is 0.488. The van der Waals surface area contributed by atoms with E-state index in [1.807, 2.05) is 30.3 Å². The van der Waals surface area contributed by atoms with Crippen molar-refractivity contribution in [2.75, 3.05) is 6.61 Å². The maximum absolute atomic E-state index is 10.2. The molecule has 0 amide bonds. The lowest BCUT2D eigenvalue weighted by Gasteiger charge is -1.92. The number of esters is 1. The van der Waals surface area contributed by atoms with E-state index < -0.39 is 5.97 Å². The third-order valence-electron chi connectivity index (χ3n) is 1.66. The van der Waals surface area contributed by atoms with Gasteiger partial charge in [0.05, 0.1) is 12.5 Å². The molecule has 4 heteroatoms. The minimum atomic E-state index is -0.492. The number of carbonyl (C=O) groups excluding carboxylic acids is 1. The molecule has 0 saturated carbocycles. The zero-order valence-corrected chi connectivity index (χ0v) is 9.90. The fourth-order valence-corrected chi connectivity index (χ4v) is 0.882. The van der Waals surface area contributed by atoms with E-state index in [1.165, 1.54) is 6.08 Å². The minimum absolute atomic E-state index is 0.0847. The first-order valence-electron chi connectivity index (χ1n) is 5.18. The Kier molecular flexibility index (Phi) is 9.49. The Balaban J connectivity index is 0.000000321. The van der Waals surface area contributed by atoms with Gasteiger partial charge < -0.3 is 14.9 Å². The van der Waals surface area contributed by atoms with Crippen molar-refractivity contribution < 1.29 is 19.7 Å². The Labute approximate surface area is 106 Å². The normalized spacial score (nSPS) is 9.78. The van der Waals surface area contributed by atoms with Gasteiger partial charge in [-0.05, 0) is 17.7 Å². The molecule has 0 aliphatic heterocycles. The van der Waals surface area contributed by atoms with Crippen LogP contribution in [0.2, 0.25) is 0 Å². The van der Waals surface area contributed by atoms with Crippen LogP contribution in [0, 0.1) is 0 Å². The van der Waals surface area contributed by atoms with E-state index in [1.54, 1.807) is 6.08 Å². The molecular formula is C14H16O4. The van der Waals surface area contributed by atoms with Gasteiger partial charge in [-0.1, -0.05) is 36.9 Å². The fraction of sp³-hybridized carbons (Fsp3) is 0.0714. The van der Waals surface area contributed by atoms with E-state index in [2.05, 4.69) is 11.3 Å². The largest absolute Gasteiger partial charge is 0.516 e. The zero-order valence-electron chi connectivity index (χ0n) is 9.90. The van der Waals surface area contributed by atoms with Crippen LogP contribution < -0.4 is 0 Å². The van der Waals surface area contributed by atoms with Gasteiger partial charge in [-0.2, -0.15) is 0 Å². The van der Waals surface area contributed by atoms with E-state index in [0.29, 0.717) is 0 Å². The van der Waals surface area contributed by atoms with Crippen molar-refractivity contribution in [3.05, 3.63) is 67.2 Å². The molecule has 0 aliphatic rings. The molecule has 0 spiro atoms. The molecule has 96 valence electrons. The number of benzene rings is 1. The summed E-state index contributed by atoms with van der Waals surface area (Å²) in [6, 6.07) is 9.64. The van der Waals surface area contributed by atoms with E-state index in [-0.39, 0.29) is 6.61 Å². The van der Waals surface area contributed by atoms with E-state index in [4.69, 9.17) is 10.2 Å². The Morgan fingerprint density at radius 1 is 1.22 bits per heavy atom. The molecule has 0 radical (unpaired) electrons. The average Bonchev–Trinajstić information content (AvgIpc) is 2.41. The molecule has 0 heterocycles. The lowest BCUT2D eigenvalue weighted by Crippen LogP contribution is -1.98. The van der Waals surface area contributed by atoms with Gasteiger partial charge in [-0.15, -0.1) is 0 Å². The SMILES string of the molecule is C=CC(=O)OCC=CO.OC=Cc1ccccc1. The van der Waals surface area contributed by atoms with Crippen molar-refractivity contribution >= 4 is 12.0 Å². The molecule has 1 aromatic rings. The van der Waals surface area contributed by atoms with Crippen LogP contribution in [0.5, 0.6) is 0 Å². The number of rotatable bonds is 4. The van der Waals surface area contributed by atoms with Crippen molar-refractivity contribution in [2.45, 2.75) is 0 Å². The van der Waals surface area contributed by atoms with Crippen LogP contribution in [0.4, 0.5) is 0 Å².